The van der Waals surface area contributed by atoms with Crippen molar-refractivity contribution in [1.82, 2.24) is 24.0 Å². The van der Waals surface area contributed by atoms with Crippen molar-refractivity contribution in [3.8, 4) is 11.4 Å². The predicted molar refractivity (Wildman–Crippen MR) is 109 cm³/mol. The van der Waals surface area contributed by atoms with E-state index in [0.29, 0.717) is 6.54 Å². The minimum absolute atomic E-state index is 0.0548. The van der Waals surface area contributed by atoms with E-state index < -0.39 is 29.6 Å². The van der Waals surface area contributed by atoms with Crippen molar-refractivity contribution in [1.29, 1.82) is 0 Å². The highest BCUT2D eigenvalue weighted by Gasteiger charge is 2.44. The minimum Gasteiger partial charge on any atom is -0.506 e. The van der Waals surface area contributed by atoms with E-state index in [-0.39, 0.29) is 41.6 Å². The fraction of sp³-hybridized carbons (Fsp3) is 0.368. The molecule has 1 saturated heterocycles. The fourth-order valence-corrected chi connectivity index (χ4v) is 3.66. The molecule has 0 aliphatic carbocycles. The second-order valence-electron chi connectivity index (χ2n) is 7.37. The van der Waals surface area contributed by atoms with Crippen molar-refractivity contribution < 1.29 is 27.8 Å². The third kappa shape index (κ3) is 3.71. The number of aromatic nitrogens is 4. The van der Waals surface area contributed by atoms with Crippen molar-refractivity contribution in [2.45, 2.75) is 12.4 Å². The SMILES string of the molecule is Cn1c(=O)c2c(nc(N3CCNCC3OC(=O)C(F)(F)F)n2-c2ccccc2O)n(C)c1=O. The summed E-state index contributed by atoms with van der Waals surface area (Å²) in [5, 5.41) is 13.3. The predicted octanol–water partition coefficient (Wildman–Crippen LogP) is -0.0303. The number of carbonyl (C=O) groups excluding carboxylic acids is 1. The Labute approximate surface area is 183 Å². The van der Waals surface area contributed by atoms with E-state index in [1.165, 1.54) is 35.7 Å². The molecule has 1 fully saturated rings. The van der Waals surface area contributed by atoms with Gasteiger partial charge in [-0.1, -0.05) is 12.1 Å². The Morgan fingerprint density at radius 3 is 2.58 bits per heavy atom. The Kier molecular flexibility index (Phi) is 5.40. The minimum atomic E-state index is -5.21. The van der Waals surface area contributed by atoms with Gasteiger partial charge in [-0.2, -0.15) is 18.2 Å². The zero-order chi connectivity index (χ0) is 24.1. The van der Waals surface area contributed by atoms with Gasteiger partial charge in [0, 0.05) is 27.2 Å². The van der Waals surface area contributed by atoms with Crippen LogP contribution in [0.5, 0.6) is 5.75 Å². The number of para-hydroxylation sites is 2. The molecule has 0 bridgehead atoms. The van der Waals surface area contributed by atoms with Crippen LogP contribution in [0.15, 0.2) is 33.9 Å². The highest BCUT2D eigenvalue weighted by atomic mass is 19.4. The van der Waals surface area contributed by atoms with Gasteiger partial charge in [-0.05, 0) is 12.1 Å². The molecule has 176 valence electrons. The molecule has 2 N–H and O–H groups in total. The Hall–Kier alpha value is -3.81. The normalized spacial score (nSPS) is 16.9. The number of imidazole rings is 1. The highest BCUT2D eigenvalue weighted by Crippen LogP contribution is 2.31. The maximum Gasteiger partial charge on any atom is 0.491 e. The molecule has 2 aromatic heterocycles. The monoisotopic (exact) mass is 468 g/mol. The Balaban J connectivity index is 2.00. The number of nitrogens with one attached hydrogen (secondary N) is 1. The van der Waals surface area contributed by atoms with Crippen molar-refractivity contribution in [2.24, 2.45) is 14.1 Å². The molecular weight excluding hydrogens is 449 g/mol. The standard InChI is InChI=1S/C19H19F3N6O5/c1-25-14-13(15(30)26(2)18(25)32)28(10-5-3-4-6-11(10)29)17(24-14)27-8-7-23-9-12(27)33-16(31)19(20,21)22/h3-6,12,23,29H,7-9H2,1-2H3. The van der Waals surface area contributed by atoms with Gasteiger partial charge in [0.25, 0.3) is 5.56 Å². The molecule has 4 rings (SSSR count). The average molecular weight is 468 g/mol. The lowest BCUT2D eigenvalue weighted by molar-refractivity contribution is -0.205. The maximum atomic E-state index is 13.0. The number of benzene rings is 1. The van der Waals surface area contributed by atoms with Crippen LogP contribution in [0, 0.1) is 0 Å². The summed E-state index contributed by atoms with van der Waals surface area (Å²) < 4.78 is 46.4. The summed E-state index contributed by atoms with van der Waals surface area (Å²) >= 11 is 0. The molecule has 0 spiro atoms. The van der Waals surface area contributed by atoms with Gasteiger partial charge in [0.2, 0.25) is 5.95 Å². The number of aromatic hydroxyl groups is 1. The maximum absolute atomic E-state index is 13.0. The van der Waals surface area contributed by atoms with Gasteiger partial charge in [0.15, 0.2) is 17.4 Å². The Morgan fingerprint density at radius 2 is 1.91 bits per heavy atom. The van der Waals surface area contributed by atoms with Crippen LogP contribution in [-0.4, -0.2) is 61.8 Å². The topological polar surface area (TPSA) is 124 Å². The first-order chi connectivity index (χ1) is 15.5. The number of nitrogens with zero attached hydrogens (tertiary/aromatic N) is 5. The van der Waals surface area contributed by atoms with Crippen molar-refractivity contribution >= 4 is 23.1 Å². The zero-order valence-electron chi connectivity index (χ0n) is 17.5. The number of anilines is 1. The Bertz CT molecular complexity index is 1360. The van der Waals surface area contributed by atoms with Crippen LogP contribution in [0.2, 0.25) is 0 Å². The molecule has 3 heterocycles. The molecule has 3 aromatic rings. The molecule has 11 nitrogen and oxygen atoms in total. The van der Waals surface area contributed by atoms with Crippen molar-refractivity contribution in [3.05, 3.63) is 45.1 Å². The van der Waals surface area contributed by atoms with Crippen molar-refractivity contribution in [3.63, 3.8) is 0 Å². The van der Waals surface area contributed by atoms with E-state index >= 15 is 0 Å². The molecule has 1 aromatic carbocycles. The molecule has 0 saturated carbocycles. The van der Waals surface area contributed by atoms with E-state index in [0.717, 1.165) is 9.13 Å². The van der Waals surface area contributed by atoms with Crippen LogP contribution < -0.4 is 21.5 Å². The van der Waals surface area contributed by atoms with E-state index in [1.807, 2.05) is 0 Å². The second kappa shape index (κ2) is 7.95. The molecule has 1 atom stereocenters. The Morgan fingerprint density at radius 1 is 1.21 bits per heavy atom. The zero-order valence-corrected chi connectivity index (χ0v) is 17.5. The number of fused-ring (bicyclic) bond motifs is 1. The third-order valence-corrected chi connectivity index (χ3v) is 5.29. The molecule has 1 aliphatic heterocycles. The van der Waals surface area contributed by atoms with Gasteiger partial charge < -0.3 is 20.1 Å². The number of hydrogen-bond acceptors (Lipinski definition) is 8. The van der Waals surface area contributed by atoms with Crippen LogP contribution in [0.3, 0.4) is 0 Å². The number of halogens is 3. The third-order valence-electron chi connectivity index (χ3n) is 5.29. The smallest absolute Gasteiger partial charge is 0.491 e. The molecule has 1 unspecified atom stereocenters. The van der Waals surface area contributed by atoms with E-state index in [9.17, 15) is 32.7 Å². The average Bonchev–Trinajstić information content (AvgIpc) is 3.16. The van der Waals surface area contributed by atoms with Crippen molar-refractivity contribution in [2.75, 3.05) is 24.5 Å². The quantitative estimate of drug-likeness (QED) is 0.514. The number of alkyl halides is 3. The van der Waals surface area contributed by atoms with Crippen LogP contribution in [-0.2, 0) is 23.6 Å². The first-order valence-electron chi connectivity index (χ1n) is 9.74. The molecule has 0 radical (unpaired) electrons. The van der Waals surface area contributed by atoms with E-state index in [4.69, 9.17) is 0 Å². The number of phenolic OH excluding ortho intramolecular Hbond substituents is 1. The lowest BCUT2D eigenvalue weighted by Crippen LogP contribution is -2.55. The van der Waals surface area contributed by atoms with Crippen LogP contribution in [0.1, 0.15) is 0 Å². The number of rotatable bonds is 3. The largest absolute Gasteiger partial charge is 0.506 e. The molecule has 1 aliphatic rings. The first kappa shape index (κ1) is 22.4. The molecule has 33 heavy (non-hydrogen) atoms. The van der Waals surface area contributed by atoms with Gasteiger partial charge in [0.05, 0.1) is 12.2 Å². The number of carbonyl (C=O) groups is 1. The van der Waals surface area contributed by atoms with E-state index in [1.54, 1.807) is 12.1 Å². The number of esters is 1. The van der Waals surface area contributed by atoms with Crippen LogP contribution in [0.25, 0.3) is 16.9 Å². The highest BCUT2D eigenvalue weighted by molar-refractivity contribution is 5.79. The van der Waals surface area contributed by atoms with Crippen LogP contribution in [0.4, 0.5) is 19.1 Å². The number of phenols is 1. The van der Waals surface area contributed by atoms with Gasteiger partial charge >= 0.3 is 17.8 Å². The summed E-state index contributed by atoms with van der Waals surface area (Å²) in [5.74, 6) is -2.70. The first-order valence-corrected chi connectivity index (χ1v) is 9.74. The number of hydrogen-bond donors (Lipinski definition) is 2. The van der Waals surface area contributed by atoms with Crippen LogP contribution >= 0.6 is 0 Å². The summed E-state index contributed by atoms with van der Waals surface area (Å²) in [6.45, 7) is 0.213. The van der Waals surface area contributed by atoms with Gasteiger partial charge in [-0.25, -0.2) is 9.59 Å². The number of aryl methyl sites for hydroxylation is 1. The fourth-order valence-electron chi connectivity index (χ4n) is 3.66. The number of ether oxygens (including phenoxy) is 1. The lowest BCUT2D eigenvalue weighted by Gasteiger charge is -2.36. The lowest BCUT2D eigenvalue weighted by atomic mass is 10.3. The summed E-state index contributed by atoms with van der Waals surface area (Å²) in [7, 11) is 2.65. The second-order valence-corrected chi connectivity index (χ2v) is 7.37. The van der Waals surface area contributed by atoms with Gasteiger partial charge in [0.1, 0.15) is 5.75 Å². The molecule has 0 amide bonds. The molecular formula is C19H19F3N6O5. The van der Waals surface area contributed by atoms with Gasteiger partial charge in [-0.15, -0.1) is 0 Å². The summed E-state index contributed by atoms with van der Waals surface area (Å²) in [6.07, 6.45) is -6.63. The summed E-state index contributed by atoms with van der Waals surface area (Å²) in [4.78, 5) is 42.6. The number of piperazine rings is 1. The van der Waals surface area contributed by atoms with E-state index in [2.05, 4.69) is 15.0 Å². The van der Waals surface area contributed by atoms with Gasteiger partial charge in [-0.3, -0.25) is 18.5 Å². The molecule has 14 heteroatoms. The summed E-state index contributed by atoms with van der Waals surface area (Å²) in [6, 6.07) is 5.96. The summed E-state index contributed by atoms with van der Waals surface area (Å²) in [5.41, 5.74) is -1.43.